The van der Waals surface area contributed by atoms with Gasteiger partial charge in [-0.25, -0.2) is 0 Å². The molecule has 1 N–H and O–H groups in total. The summed E-state index contributed by atoms with van der Waals surface area (Å²) < 4.78 is 11.3. The van der Waals surface area contributed by atoms with Crippen LogP contribution in [0.3, 0.4) is 0 Å². The molecule has 34 heavy (non-hydrogen) atoms. The zero-order valence-corrected chi connectivity index (χ0v) is 22.8. The molecule has 9 atom stereocenters. The number of carbonyl (C=O) groups excluding carboxylic acids is 2. The van der Waals surface area contributed by atoms with Crippen LogP contribution in [0.2, 0.25) is 0 Å². The first-order chi connectivity index (χ1) is 15.6. The number of rotatable bonds is 3. The van der Waals surface area contributed by atoms with E-state index in [4.69, 9.17) is 9.47 Å². The minimum atomic E-state index is -0.329. The Hall–Kier alpha value is -1.10. The van der Waals surface area contributed by atoms with E-state index in [0.29, 0.717) is 18.4 Å². The van der Waals surface area contributed by atoms with Crippen LogP contribution in [0.4, 0.5) is 0 Å². The molecule has 0 amide bonds. The van der Waals surface area contributed by atoms with Crippen LogP contribution in [0.15, 0.2) is 0 Å². The highest BCUT2D eigenvalue weighted by Gasteiger charge is 2.69. The third-order valence-electron chi connectivity index (χ3n) is 11.9. The smallest absolute Gasteiger partial charge is 0.302 e. The van der Waals surface area contributed by atoms with Crippen molar-refractivity contribution in [3.05, 3.63) is 0 Å². The zero-order valence-electron chi connectivity index (χ0n) is 22.8. The fourth-order valence-corrected chi connectivity index (χ4v) is 9.84. The molecular weight excluding hydrogens is 428 g/mol. The topological polar surface area (TPSA) is 72.8 Å². The highest BCUT2D eigenvalue weighted by atomic mass is 16.5. The van der Waals surface area contributed by atoms with Crippen LogP contribution in [0, 0.1) is 44.8 Å². The Morgan fingerprint density at radius 1 is 0.853 bits per heavy atom. The molecule has 4 rings (SSSR count). The Labute approximate surface area is 206 Å². The van der Waals surface area contributed by atoms with Crippen molar-refractivity contribution in [2.75, 3.05) is 6.61 Å². The fourth-order valence-electron chi connectivity index (χ4n) is 9.84. The highest BCUT2D eigenvalue weighted by Crippen LogP contribution is 2.74. The number of hydrogen-bond acceptors (Lipinski definition) is 5. The van der Waals surface area contributed by atoms with Crippen LogP contribution in [-0.4, -0.2) is 35.9 Å². The van der Waals surface area contributed by atoms with Gasteiger partial charge in [-0.05, 0) is 85.4 Å². The van der Waals surface area contributed by atoms with Gasteiger partial charge in [0, 0.05) is 24.7 Å². The van der Waals surface area contributed by atoms with E-state index < -0.39 is 0 Å². The van der Waals surface area contributed by atoms with E-state index in [1.807, 2.05) is 0 Å². The molecule has 0 heterocycles. The Kier molecular flexibility index (Phi) is 6.27. The second-order valence-corrected chi connectivity index (χ2v) is 14.1. The quantitative estimate of drug-likeness (QED) is 0.512. The van der Waals surface area contributed by atoms with Crippen LogP contribution in [-0.2, 0) is 19.1 Å². The van der Waals surface area contributed by atoms with Crippen LogP contribution >= 0.6 is 0 Å². The number of aliphatic hydroxyl groups is 1. The molecular formula is C29H48O5. The fraction of sp³-hybridized carbons (Fsp3) is 0.931. The summed E-state index contributed by atoms with van der Waals surface area (Å²) in [7, 11) is 0. The highest BCUT2D eigenvalue weighted by molar-refractivity contribution is 5.66. The molecule has 4 aliphatic carbocycles. The second-order valence-electron chi connectivity index (χ2n) is 14.1. The minimum Gasteiger partial charge on any atom is -0.465 e. The van der Waals surface area contributed by atoms with Crippen molar-refractivity contribution in [1.82, 2.24) is 0 Å². The van der Waals surface area contributed by atoms with E-state index in [9.17, 15) is 14.7 Å². The van der Waals surface area contributed by atoms with Crippen molar-refractivity contribution in [1.29, 1.82) is 0 Å². The molecule has 194 valence electrons. The molecule has 9 unspecified atom stereocenters. The van der Waals surface area contributed by atoms with Gasteiger partial charge in [0.15, 0.2) is 0 Å². The summed E-state index contributed by atoms with van der Waals surface area (Å²) >= 11 is 0. The van der Waals surface area contributed by atoms with Gasteiger partial charge in [0.1, 0.15) is 6.10 Å². The molecule has 4 saturated carbocycles. The third-order valence-corrected chi connectivity index (χ3v) is 11.9. The lowest BCUT2D eigenvalue weighted by Gasteiger charge is -2.72. The van der Waals surface area contributed by atoms with Crippen molar-refractivity contribution >= 4 is 11.9 Å². The normalized spacial score (nSPS) is 49.7. The van der Waals surface area contributed by atoms with Crippen molar-refractivity contribution in [2.24, 2.45) is 44.8 Å². The van der Waals surface area contributed by atoms with Gasteiger partial charge >= 0.3 is 11.9 Å². The van der Waals surface area contributed by atoms with E-state index >= 15 is 0 Å². The van der Waals surface area contributed by atoms with Gasteiger partial charge < -0.3 is 14.6 Å². The standard InChI is InChI=1S/C29H48O5/c1-18(30)33-17-26(5)13-14-28(7)20(16-26)21(32)15-23-27(6)11-10-24(34-19(2)31)25(3,4)22(27)9-12-29(23,28)8/h20-24,32H,9-17H2,1-8H3. The maximum Gasteiger partial charge on any atom is 0.302 e. The number of carbonyl (C=O) groups is 2. The number of esters is 2. The average molecular weight is 477 g/mol. The first kappa shape index (κ1) is 26.0. The lowest BCUT2D eigenvalue weighted by Crippen LogP contribution is -2.68. The van der Waals surface area contributed by atoms with Gasteiger partial charge in [-0.2, -0.15) is 0 Å². The van der Waals surface area contributed by atoms with Gasteiger partial charge in [-0.1, -0.05) is 41.5 Å². The van der Waals surface area contributed by atoms with E-state index in [1.165, 1.54) is 13.8 Å². The Bertz CT molecular complexity index is 836. The average Bonchev–Trinajstić information content (AvgIpc) is 2.72. The molecule has 0 aromatic carbocycles. The van der Waals surface area contributed by atoms with E-state index in [1.54, 1.807) is 0 Å². The van der Waals surface area contributed by atoms with Crippen LogP contribution in [0.25, 0.3) is 0 Å². The van der Waals surface area contributed by atoms with Crippen molar-refractivity contribution < 1.29 is 24.2 Å². The monoisotopic (exact) mass is 476 g/mol. The van der Waals surface area contributed by atoms with Gasteiger partial charge in [-0.3, -0.25) is 9.59 Å². The van der Waals surface area contributed by atoms with Crippen LogP contribution < -0.4 is 0 Å². The molecule has 4 fully saturated rings. The zero-order chi connectivity index (χ0) is 25.3. The predicted molar refractivity (Wildman–Crippen MR) is 132 cm³/mol. The first-order valence-electron chi connectivity index (χ1n) is 13.6. The summed E-state index contributed by atoms with van der Waals surface area (Å²) in [6.45, 7) is 17.8. The molecule has 0 spiro atoms. The van der Waals surface area contributed by atoms with E-state index in [0.717, 1.165) is 51.4 Å². The van der Waals surface area contributed by atoms with E-state index in [2.05, 4.69) is 41.5 Å². The molecule has 0 aliphatic heterocycles. The molecule has 5 heteroatoms. The first-order valence-corrected chi connectivity index (χ1v) is 13.6. The predicted octanol–water partition coefficient (Wildman–Crippen LogP) is 5.92. The van der Waals surface area contributed by atoms with Gasteiger partial charge in [-0.15, -0.1) is 0 Å². The number of hydrogen-bond donors (Lipinski definition) is 1. The van der Waals surface area contributed by atoms with Crippen molar-refractivity contribution in [3.8, 4) is 0 Å². The summed E-state index contributed by atoms with van der Waals surface area (Å²) in [6, 6.07) is 0. The van der Waals surface area contributed by atoms with Crippen LogP contribution in [0.1, 0.15) is 107 Å². The molecule has 0 radical (unpaired) electrons. The Morgan fingerprint density at radius 2 is 1.53 bits per heavy atom. The summed E-state index contributed by atoms with van der Waals surface area (Å²) in [5, 5.41) is 11.7. The summed E-state index contributed by atoms with van der Waals surface area (Å²) in [6.07, 6.45) is 7.78. The molecule has 0 saturated heterocycles. The van der Waals surface area contributed by atoms with Crippen LogP contribution in [0.5, 0.6) is 0 Å². The molecule has 4 aliphatic rings. The number of aliphatic hydroxyl groups excluding tert-OH is 1. The summed E-state index contributed by atoms with van der Waals surface area (Å²) in [5.74, 6) is 0.758. The maximum absolute atomic E-state index is 11.8. The SMILES string of the molecule is CC(=O)OCC1(C)CCC2(C)C(C1)C(O)CC1C3(C)CCC(OC(C)=O)C(C)(C)C3CCC12C. The summed E-state index contributed by atoms with van der Waals surface area (Å²) in [5.41, 5.74) is 0.217. The number of fused-ring (bicyclic) bond motifs is 5. The van der Waals surface area contributed by atoms with Crippen molar-refractivity contribution in [2.45, 2.75) is 119 Å². The largest absolute Gasteiger partial charge is 0.465 e. The Morgan fingerprint density at radius 3 is 2.15 bits per heavy atom. The van der Waals surface area contributed by atoms with Gasteiger partial charge in [0.05, 0.1) is 12.7 Å². The third kappa shape index (κ3) is 3.74. The van der Waals surface area contributed by atoms with E-state index in [-0.39, 0.29) is 57.1 Å². The maximum atomic E-state index is 11.8. The van der Waals surface area contributed by atoms with Crippen molar-refractivity contribution in [3.63, 3.8) is 0 Å². The second kappa shape index (κ2) is 8.21. The molecule has 5 nitrogen and oxygen atoms in total. The molecule has 0 aromatic heterocycles. The minimum absolute atomic E-state index is 0.0269. The number of ether oxygens (including phenoxy) is 2. The molecule has 0 bridgehead atoms. The van der Waals surface area contributed by atoms with Gasteiger partial charge in [0.2, 0.25) is 0 Å². The summed E-state index contributed by atoms with van der Waals surface area (Å²) in [4.78, 5) is 23.3. The molecule has 0 aromatic rings. The van der Waals surface area contributed by atoms with Gasteiger partial charge in [0.25, 0.3) is 0 Å². The Balaban J connectivity index is 1.64. The lowest BCUT2D eigenvalue weighted by molar-refractivity contribution is -0.261. The lowest BCUT2D eigenvalue weighted by atomic mass is 9.33.